The fourth-order valence-corrected chi connectivity index (χ4v) is 2.28. The van der Waals surface area contributed by atoms with E-state index in [0.29, 0.717) is 12.6 Å². The molecule has 1 aromatic carbocycles. The summed E-state index contributed by atoms with van der Waals surface area (Å²) < 4.78 is 0. The molecule has 0 saturated carbocycles. The minimum absolute atomic E-state index is 0.0705. The Morgan fingerprint density at radius 3 is 2.25 bits per heavy atom. The molecule has 0 radical (unpaired) electrons. The van der Waals surface area contributed by atoms with Gasteiger partial charge in [-0.15, -0.1) is 0 Å². The predicted molar refractivity (Wildman–Crippen MR) is 84.7 cm³/mol. The molecule has 0 aliphatic rings. The molecule has 1 amide bonds. The van der Waals surface area contributed by atoms with E-state index in [1.54, 1.807) is 7.05 Å². The molecule has 0 aliphatic carbocycles. The highest BCUT2D eigenvalue weighted by molar-refractivity contribution is 5.81. The molecule has 3 nitrogen and oxygen atoms in total. The summed E-state index contributed by atoms with van der Waals surface area (Å²) in [4.78, 5) is 11.8. The highest BCUT2D eigenvalue weighted by Gasteiger charge is 2.27. The number of amides is 1. The SMILES string of the molecule is CCc1ccc(C(CC)NCC(C)(C)C(=O)NC)cc1. The van der Waals surface area contributed by atoms with E-state index in [-0.39, 0.29) is 5.91 Å². The van der Waals surface area contributed by atoms with E-state index < -0.39 is 5.41 Å². The van der Waals surface area contributed by atoms with E-state index in [2.05, 4.69) is 48.7 Å². The zero-order chi connectivity index (χ0) is 15.2. The first kappa shape index (κ1) is 16.7. The quantitative estimate of drug-likeness (QED) is 0.803. The summed E-state index contributed by atoms with van der Waals surface area (Å²) in [7, 11) is 1.69. The van der Waals surface area contributed by atoms with Crippen molar-refractivity contribution in [3.8, 4) is 0 Å². The van der Waals surface area contributed by atoms with Crippen LogP contribution in [0.3, 0.4) is 0 Å². The number of hydrogen-bond acceptors (Lipinski definition) is 2. The Balaban J connectivity index is 2.69. The molecule has 0 heterocycles. The lowest BCUT2D eigenvalue weighted by molar-refractivity contribution is -0.128. The summed E-state index contributed by atoms with van der Waals surface area (Å²) in [5.74, 6) is 0.0705. The molecule has 1 unspecified atom stereocenters. The van der Waals surface area contributed by atoms with Crippen LogP contribution in [0.15, 0.2) is 24.3 Å². The molecular formula is C17H28N2O. The Morgan fingerprint density at radius 1 is 1.20 bits per heavy atom. The lowest BCUT2D eigenvalue weighted by Crippen LogP contribution is -2.42. The summed E-state index contributed by atoms with van der Waals surface area (Å²) >= 11 is 0. The van der Waals surface area contributed by atoms with Crippen molar-refractivity contribution >= 4 is 5.91 Å². The van der Waals surface area contributed by atoms with Gasteiger partial charge in [0, 0.05) is 19.6 Å². The van der Waals surface area contributed by atoms with Crippen LogP contribution in [0.1, 0.15) is 51.3 Å². The van der Waals surface area contributed by atoms with Gasteiger partial charge in [0.2, 0.25) is 5.91 Å². The highest BCUT2D eigenvalue weighted by Crippen LogP contribution is 2.20. The normalized spacial score (nSPS) is 13.1. The van der Waals surface area contributed by atoms with Crippen LogP contribution in [-0.4, -0.2) is 19.5 Å². The molecule has 112 valence electrons. The predicted octanol–water partition coefficient (Wildman–Crippen LogP) is 3.06. The molecule has 0 aliphatic heterocycles. The van der Waals surface area contributed by atoms with Crippen molar-refractivity contribution in [1.82, 2.24) is 10.6 Å². The van der Waals surface area contributed by atoms with Gasteiger partial charge in [-0.3, -0.25) is 4.79 Å². The van der Waals surface area contributed by atoms with Crippen molar-refractivity contribution in [2.45, 2.75) is 46.6 Å². The fourth-order valence-electron chi connectivity index (χ4n) is 2.28. The van der Waals surface area contributed by atoms with E-state index in [1.807, 2.05) is 13.8 Å². The monoisotopic (exact) mass is 276 g/mol. The molecule has 0 bridgehead atoms. The summed E-state index contributed by atoms with van der Waals surface area (Å²) in [6.45, 7) is 8.92. The van der Waals surface area contributed by atoms with Crippen molar-refractivity contribution in [1.29, 1.82) is 0 Å². The second-order valence-corrected chi connectivity index (χ2v) is 5.90. The molecule has 1 atom stereocenters. The number of benzene rings is 1. The number of carbonyl (C=O) groups is 1. The van der Waals surface area contributed by atoms with Crippen molar-refractivity contribution in [2.75, 3.05) is 13.6 Å². The van der Waals surface area contributed by atoms with E-state index in [9.17, 15) is 4.79 Å². The molecule has 0 saturated heterocycles. The Hall–Kier alpha value is -1.35. The maximum Gasteiger partial charge on any atom is 0.226 e. The van der Waals surface area contributed by atoms with Crippen LogP contribution < -0.4 is 10.6 Å². The molecule has 0 fully saturated rings. The number of aryl methyl sites for hydroxylation is 1. The van der Waals surface area contributed by atoms with Gasteiger partial charge in [0.15, 0.2) is 0 Å². The Bertz CT molecular complexity index is 423. The van der Waals surface area contributed by atoms with Gasteiger partial charge in [0.05, 0.1) is 5.41 Å². The molecule has 1 aromatic rings. The van der Waals surface area contributed by atoms with Crippen molar-refractivity contribution in [3.63, 3.8) is 0 Å². The van der Waals surface area contributed by atoms with Gasteiger partial charge >= 0.3 is 0 Å². The fraction of sp³-hybridized carbons (Fsp3) is 0.588. The van der Waals surface area contributed by atoms with Gasteiger partial charge < -0.3 is 10.6 Å². The van der Waals surface area contributed by atoms with Gasteiger partial charge in [-0.25, -0.2) is 0 Å². The number of rotatable bonds is 7. The number of nitrogens with one attached hydrogen (secondary N) is 2. The van der Waals surface area contributed by atoms with Crippen LogP contribution in [0.2, 0.25) is 0 Å². The van der Waals surface area contributed by atoms with Gasteiger partial charge in [0.25, 0.3) is 0 Å². The molecule has 3 heteroatoms. The van der Waals surface area contributed by atoms with E-state index >= 15 is 0 Å². The van der Waals surface area contributed by atoms with Crippen molar-refractivity contribution in [3.05, 3.63) is 35.4 Å². The second kappa shape index (κ2) is 7.44. The van der Waals surface area contributed by atoms with Crippen LogP contribution >= 0.6 is 0 Å². The Morgan fingerprint density at radius 2 is 1.80 bits per heavy atom. The summed E-state index contributed by atoms with van der Waals surface area (Å²) in [6, 6.07) is 9.04. The maximum atomic E-state index is 11.8. The maximum absolute atomic E-state index is 11.8. The summed E-state index contributed by atoms with van der Waals surface area (Å²) in [5, 5.41) is 6.24. The summed E-state index contributed by atoms with van der Waals surface area (Å²) in [5.41, 5.74) is 2.25. The van der Waals surface area contributed by atoms with Crippen molar-refractivity contribution < 1.29 is 4.79 Å². The van der Waals surface area contributed by atoms with Gasteiger partial charge in [-0.05, 0) is 37.8 Å². The van der Waals surface area contributed by atoms with E-state index in [4.69, 9.17) is 0 Å². The average molecular weight is 276 g/mol. The highest BCUT2D eigenvalue weighted by atomic mass is 16.2. The number of hydrogen-bond donors (Lipinski definition) is 2. The van der Waals surface area contributed by atoms with Crippen LogP contribution in [0.25, 0.3) is 0 Å². The molecule has 1 rings (SSSR count). The minimum Gasteiger partial charge on any atom is -0.359 e. The first-order valence-electron chi connectivity index (χ1n) is 7.49. The minimum atomic E-state index is -0.397. The smallest absolute Gasteiger partial charge is 0.226 e. The average Bonchev–Trinajstić information content (AvgIpc) is 2.47. The molecule has 20 heavy (non-hydrogen) atoms. The molecular weight excluding hydrogens is 248 g/mol. The molecule has 0 spiro atoms. The third-order valence-electron chi connectivity index (χ3n) is 3.83. The van der Waals surface area contributed by atoms with Crippen LogP contribution in [0, 0.1) is 5.41 Å². The van der Waals surface area contributed by atoms with Gasteiger partial charge in [-0.1, -0.05) is 38.1 Å². The zero-order valence-electron chi connectivity index (χ0n) is 13.4. The summed E-state index contributed by atoms with van der Waals surface area (Å²) in [6.07, 6.45) is 2.07. The van der Waals surface area contributed by atoms with Crippen LogP contribution in [0.4, 0.5) is 0 Å². The lowest BCUT2D eigenvalue weighted by atomic mass is 9.91. The van der Waals surface area contributed by atoms with Crippen molar-refractivity contribution in [2.24, 2.45) is 5.41 Å². The van der Waals surface area contributed by atoms with E-state index in [0.717, 1.165) is 12.8 Å². The number of carbonyl (C=O) groups excluding carboxylic acids is 1. The van der Waals surface area contributed by atoms with Gasteiger partial charge in [-0.2, -0.15) is 0 Å². The lowest BCUT2D eigenvalue weighted by Gasteiger charge is -2.27. The van der Waals surface area contributed by atoms with Crippen LogP contribution in [0.5, 0.6) is 0 Å². The first-order chi connectivity index (χ1) is 9.44. The second-order valence-electron chi connectivity index (χ2n) is 5.90. The van der Waals surface area contributed by atoms with Crippen LogP contribution in [-0.2, 0) is 11.2 Å². The first-order valence-corrected chi connectivity index (χ1v) is 7.49. The standard InChI is InChI=1S/C17H28N2O/c1-6-13-8-10-14(11-9-13)15(7-2)19-12-17(3,4)16(20)18-5/h8-11,15,19H,6-7,12H2,1-5H3,(H,18,20). The topological polar surface area (TPSA) is 41.1 Å². The third kappa shape index (κ3) is 4.34. The Kier molecular flexibility index (Phi) is 6.21. The molecule has 0 aromatic heterocycles. The third-order valence-corrected chi connectivity index (χ3v) is 3.83. The zero-order valence-corrected chi connectivity index (χ0v) is 13.4. The Labute approximate surface area is 123 Å². The molecule has 2 N–H and O–H groups in total. The largest absolute Gasteiger partial charge is 0.359 e. The van der Waals surface area contributed by atoms with E-state index in [1.165, 1.54) is 11.1 Å². The van der Waals surface area contributed by atoms with Gasteiger partial charge in [0.1, 0.15) is 0 Å².